The summed E-state index contributed by atoms with van der Waals surface area (Å²) in [6.45, 7) is 8.68. The number of carboxylic acids is 2. The van der Waals surface area contributed by atoms with Gasteiger partial charge >= 0.3 is 11.9 Å². The van der Waals surface area contributed by atoms with Gasteiger partial charge in [0.25, 0.3) is 0 Å². The van der Waals surface area contributed by atoms with Gasteiger partial charge in [-0.3, -0.25) is 4.90 Å². The van der Waals surface area contributed by atoms with Crippen LogP contribution in [0.3, 0.4) is 0 Å². The second-order valence-corrected chi connectivity index (χ2v) is 7.28. The molecule has 0 radical (unpaired) electrons. The molecule has 0 bridgehead atoms. The number of unbranched alkanes of at least 4 members (excludes halogenated alkanes) is 3. The van der Waals surface area contributed by atoms with E-state index in [2.05, 4.69) is 11.8 Å². The molecule has 1 saturated heterocycles. The fourth-order valence-corrected chi connectivity index (χ4v) is 3.49. The Morgan fingerprint density at radius 3 is 2.19 bits per heavy atom. The first-order chi connectivity index (χ1) is 12.5. The van der Waals surface area contributed by atoms with Gasteiger partial charge in [0, 0.05) is 24.2 Å². The van der Waals surface area contributed by atoms with Crippen molar-refractivity contribution in [2.24, 2.45) is 5.92 Å². The van der Waals surface area contributed by atoms with Crippen LogP contribution in [0.25, 0.3) is 0 Å². The molecule has 0 aromatic rings. The minimum Gasteiger partial charge on any atom is -0.478 e. The van der Waals surface area contributed by atoms with E-state index in [1.54, 1.807) is 0 Å². The molecule has 0 spiro atoms. The van der Waals surface area contributed by atoms with Gasteiger partial charge < -0.3 is 14.9 Å². The van der Waals surface area contributed by atoms with Gasteiger partial charge in [-0.25, -0.2) is 9.59 Å². The van der Waals surface area contributed by atoms with Crippen molar-refractivity contribution in [3.05, 3.63) is 11.1 Å². The van der Waals surface area contributed by atoms with E-state index in [1.807, 2.05) is 6.92 Å². The first-order valence-corrected chi connectivity index (χ1v) is 9.94. The molecular weight excluding hydrogens is 334 g/mol. The lowest BCUT2D eigenvalue weighted by molar-refractivity contribution is -0.136. The normalized spacial score (nSPS) is 17.6. The van der Waals surface area contributed by atoms with Crippen molar-refractivity contribution < 1.29 is 24.5 Å². The average Bonchev–Trinajstić information content (AvgIpc) is 2.60. The smallest absolute Gasteiger partial charge is 0.332 e. The highest BCUT2D eigenvalue weighted by molar-refractivity contribution is 5.98. The molecule has 150 valence electrons. The van der Waals surface area contributed by atoms with E-state index in [1.165, 1.54) is 0 Å². The highest BCUT2D eigenvalue weighted by atomic mass is 16.5. The van der Waals surface area contributed by atoms with Crippen molar-refractivity contribution in [1.82, 2.24) is 4.90 Å². The van der Waals surface area contributed by atoms with E-state index >= 15 is 0 Å². The number of carboxylic acid groups (broad SMARTS) is 2. The van der Waals surface area contributed by atoms with Crippen LogP contribution in [0.1, 0.15) is 65.2 Å². The second-order valence-electron chi connectivity index (χ2n) is 7.28. The Bertz CT molecular complexity index is 469. The van der Waals surface area contributed by atoms with Crippen LogP contribution >= 0.6 is 0 Å². The monoisotopic (exact) mass is 369 g/mol. The van der Waals surface area contributed by atoms with Crippen molar-refractivity contribution in [1.29, 1.82) is 0 Å². The molecule has 1 aliphatic rings. The lowest BCUT2D eigenvalue weighted by Crippen LogP contribution is -2.36. The SMILES string of the molecule is CCCC(C)CC(C(=O)O)=C(CCCCCCN1CCOCC1)C(=O)O. The molecule has 1 rings (SSSR count). The summed E-state index contributed by atoms with van der Waals surface area (Å²) in [5, 5.41) is 18.9. The number of hydrogen-bond acceptors (Lipinski definition) is 4. The lowest BCUT2D eigenvalue weighted by atomic mass is 9.91. The fourth-order valence-electron chi connectivity index (χ4n) is 3.49. The number of ether oxygens (including phenoxy) is 1. The summed E-state index contributed by atoms with van der Waals surface area (Å²) in [5.74, 6) is -1.98. The fraction of sp³-hybridized carbons (Fsp3) is 0.800. The standard InChI is InChI=1S/C20H35NO5/c1-3-8-16(2)15-18(20(24)25)17(19(22)23)9-6-4-5-7-10-21-11-13-26-14-12-21/h16H,3-15H2,1-2H3,(H,22,23)(H,24,25). The molecule has 1 heterocycles. The number of carbonyl (C=O) groups is 2. The van der Waals surface area contributed by atoms with Crippen molar-refractivity contribution in [2.45, 2.75) is 65.2 Å². The van der Waals surface area contributed by atoms with Gasteiger partial charge in [-0.05, 0) is 38.1 Å². The maximum absolute atomic E-state index is 11.6. The first kappa shape index (κ1) is 22.6. The Labute approximate surface area is 157 Å². The Morgan fingerprint density at radius 2 is 1.62 bits per heavy atom. The van der Waals surface area contributed by atoms with Gasteiger partial charge in [0.15, 0.2) is 0 Å². The van der Waals surface area contributed by atoms with Crippen LogP contribution in [0.2, 0.25) is 0 Å². The Morgan fingerprint density at radius 1 is 1.00 bits per heavy atom. The Hall–Kier alpha value is -1.40. The van der Waals surface area contributed by atoms with E-state index in [0.717, 1.165) is 71.4 Å². The Kier molecular flexibility index (Phi) is 11.2. The molecule has 0 saturated carbocycles. The van der Waals surface area contributed by atoms with Crippen molar-refractivity contribution in [2.75, 3.05) is 32.8 Å². The molecule has 26 heavy (non-hydrogen) atoms. The van der Waals surface area contributed by atoms with Crippen LogP contribution in [-0.4, -0.2) is 59.9 Å². The third kappa shape index (κ3) is 8.81. The summed E-state index contributed by atoms with van der Waals surface area (Å²) in [7, 11) is 0. The van der Waals surface area contributed by atoms with Crippen LogP contribution < -0.4 is 0 Å². The predicted molar refractivity (Wildman–Crippen MR) is 101 cm³/mol. The summed E-state index contributed by atoms with van der Waals surface area (Å²) in [6.07, 6.45) is 6.34. The number of rotatable bonds is 13. The van der Waals surface area contributed by atoms with Crippen molar-refractivity contribution in [3.63, 3.8) is 0 Å². The summed E-state index contributed by atoms with van der Waals surface area (Å²) in [4.78, 5) is 25.5. The molecule has 6 nitrogen and oxygen atoms in total. The van der Waals surface area contributed by atoms with E-state index in [0.29, 0.717) is 12.8 Å². The lowest BCUT2D eigenvalue weighted by Gasteiger charge is -2.26. The largest absolute Gasteiger partial charge is 0.478 e. The number of nitrogens with zero attached hydrogens (tertiary/aromatic N) is 1. The number of hydrogen-bond donors (Lipinski definition) is 2. The third-order valence-corrected chi connectivity index (χ3v) is 4.97. The van der Waals surface area contributed by atoms with Crippen molar-refractivity contribution in [3.8, 4) is 0 Å². The number of aliphatic carboxylic acids is 2. The summed E-state index contributed by atoms with van der Waals surface area (Å²) in [6, 6.07) is 0. The summed E-state index contributed by atoms with van der Waals surface area (Å²) >= 11 is 0. The highest BCUT2D eigenvalue weighted by Crippen LogP contribution is 2.23. The summed E-state index contributed by atoms with van der Waals surface area (Å²) in [5.41, 5.74) is 0.181. The molecule has 6 heteroatoms. The third-order valence-electron chi connectivity index (χ3n) is 4.97. The van der Waals surface area contributed by atoms with Crippen molar-refractivity contribution >= 4 is 11.9 Å². The van der Waals surface area contributed by atoms with Gasteiger partial charge in [0.1, 0.15) is 0 Å². The molecule has 0 aliphatic carbocycles. The molecule has 0 aromatic carbocycles. The average molecular weight is 370 g/mol. The molecule has 0 amide bonds. The molecule has 1 atom stereocenters. The maximum atomic E-state index is 11.6. The van der Waals surface area contributed by atoms with Crippen LogP contribution in [0.5, 0.6) is 0 Å². The van der Waals surface area contributed by atoms with Gasteiger partial charge in [0.05, 0.1) is 13.2 Å². The van der Waals surface area contributed by atoms with Crippen LogP contribution in [0, 0.1) is 5.92 Å². The van der Waals surface area contributed by atoms with E-state index in [9.17, 15) is 19.8 Å². The topological polar surface area (TPSA) is 87.1 Å². The van der Waals surface area contributed by atoms with Gasteiger partial charge in [-0.2, -0.15) is 0 Å². The van der Waals surface area contributed by atoms with Gasteiger partial charge in [-0.1, -0.05) is 39.5 Å². The van der Waals surface area contributed by atoms with Gasteiger partial charge in [0.2, 0.25) is 0 Å². The molecule has 0 aromatic heterocycles. The zero-order chi connectivity index (χ0) is 19.4. The van der Waals surface area contributed by atoms with Gasteiger partial charge in [-0.15, -0.1) is 0 Å². The second kappa shape index (κ2) is 12.9. The zero-order valence-electron chi connectivity index (χ0n) is 16.3. The number of morpholine rings is 1. The maximum Gasteiger partial charge on any atom is 0.332 e. The Balaban J connectivity index is 2.43. The first-order valence-electron chi connectivity index (χ1n) is 9.94. The minimum atomic E-state index is -1.09. The van der Waals surface area contributed by atoms with E-state index in [4.69, 9.17) is 4.74 Å². The predicted octanol–water partition coefficient (Wildman–Crippen LogP) is 3.56. The van der Waals surface area contributed by atoms with Crippen LogP contribution in [0.4, 0.5) is 0 Å². The molecular formula is C20H35NO5. The molecule has 1 fully saturated rings. The van der Waals surface area contributed by atoms with Crippen LogP contribution in [0.15, 0.2) is 11.1 Å². The zero-order valence-corrected chi connectivity index (χ0v) is 16.3. The molecule has 2 N–H and O–H groups in total. The summed E-state index contributed by atoms with van der Waals surface area (Å²) < 4.78 is 5.33. The van der Waals surface area contributed by atoms with E-state index < -0.39 is 11.9 Å². The molecule has 1 aliphatic heterocycles. The highest BCUT2D eigenvalue weighted by Gasteiger charge is 2.21. The van der Waals surface area contributed by atoms with Crippen LogP contribution in [-0.2, 0) is 14.3 Å². The quantitative estimate of drug-likeness (QED) is 0.381. The minimum absolute atomic E-state index is 0.0896. The van der Waals surface area contributed by atoms with E-state index in [-0.39, 0.29) is 17.1 Å². The molecule has 1 unspecified atom stereocenters.